The predicted octanol–water partition coefficient (Wildman–Crippen LogP) is 3.54. The van der Waals surface area contributed by atoms with Gasteiger partial charge in [-0.05, 0) is 73.6 Å². The molecule has 1 aliphatic carbocycles. The van der Waals surface area contributed by atoms with Gasteiger partial charge in [-0.2, -0.15) is 0 Å². The van der Waals surface area contributed by atoms with Crippen LogP contribution in [0.25, 0.3) is 0 Å². The van der Waals surface area contributed by atoms with Gasteiger partial charge in [-0.3, -0.25) is 19.7 Å². The van der Waals surface area contributed by atoms with E-state index in [9.17, 15) is 14.4 Å². The predicted molar refractivity (Wildman–Crippen MR) is 139 cm³/mol. The van der Waals surface area contributed by atoms with Crippen LogP contribution in [0.5, 0.6) is 11.5 Å². The summed E-state index contributed by atoms with van der Waals surface area (Å²) in [6, 6.07) is 13.3. The maximum Gasteiger partial charge on any atom is 0.255 e. The minimum absolute atomic E-state index is 0.145. The van der Waals surface area contributed by atoms with E-state index in [1.54, 1.807) is 18.1 Å². The van der Waals surface area contributed by atoms with Crippen molar-refractivity contribution in [1.29, 1.82) is 0 Å². The van der Waals surface area contributed by atoms with Gasteiger partial charge in [-0.1, -0.05) is 18.6 Å². The van der Waals surface area contributed by atoms with Crippen molar-refractivity contribution in [3.05, 3.63) is 59.2 Å². The Morgan fingerprint density at radius 3 is 2.43 bits per heavy atom. The van der Waals surface area contributed by atoms with Crippen LogP contribution >= 0.6 is 0 Å². The molecule has 3 amide bonds. The van der Waals surface area contributed by atoms with Gasteiger partial charge < -0.3 is 19.7 Å². The Morgan fingerprint density at radius 2 is 1.73 bits per heavy atom. The Bertz CT molecular complexity index is 1160. The highest BCUT2D eigenvalue weighted by Gasteiger charge is 2.39. The van der Waals surface area contributed by atoms with Gasteiger partial charge in [0.15, 0.2) is 0 Å². The average molecular weight is 506 g/mol. The summed E-state index contributed by atoms with van der Waals surface area (Å²) in [5.41, 5.74) is 2.90. The first-order chi connectivity index (χ1) is 18.0. The number of rotatable bonds is 5. The quantitative estimate of drug-likeness (QED) is 0.604. The first kappa shape index (κ1) is 25.3. The van der Waals surface area contributed by atoms with Gasteiger partial charge >= 0.3 is 0 Å². The summed E-state index contributed by atoms with van der Waals surface area (Å²) in [4.78, 5) is 37.6. The topological polar surface area (TPSA) is 97.0 Å². The second-order valence-corrected chi connectivity index (χ2v) is 10.2. The number of hydrogen-bond donors (Lipinski definition) is 2. The molecule has 4 aliphatic rings. The number of amides is 3. The van der Waals surface area contributed by atoms with Crippen LogP contribution in [0.3, 0.4) is 0 Å². The first-order valence-corrected chi connectivity index (χ1v) is 13.3. The number of carbonyl (C=O) groups is 3. The van der Waals surface area contributed by atoms with Crippen LogP contribution in [0, 0.1) is 0 Å². The fourth-order valence-corrected chi connectivity index (χ4v) is 5.42. The lowest BCUT2D eigenvalue weighted by molar-refractivity contribution is -0.136. The van der Waals surface area contributed by atoms with Crippen LogP contribution in [-0.4, -0.2) is 55.0 Å². The Balaban J connectivity index is 0.000000195. The third-order valence-corrected chi connectivity index (χ3v) is 7.70. The summed E-state index contributed by atoms with van der Waals surface area (Å²) in [5.74, 6) is 1.65. The largest absolute Gasteiger partial charge is 0.497 e. The maximum atomic E-state index is 12.6. The number of fused-ring (bicyclic) bond motifs is 1. The number of nitrogens with zero attached hydrogens (tertiary/aromatic N) is 1. The Kier molecular flexibility index (Phi) is 7.74. The fraction of sp³-hybridized carbons (Fsp3) is 0.483. The Hall–Kier alpha value is -3.39. The van der Waals surface area contributed by atoms with E-state index in [1.807, 2.05) is 24.3 Å². The van der Waals surface area contributed by atoms with E-state index in [0.29, 0.717) is 24.4 Å². The molecule has 2 aromatic carbocycles. The van der Waals surface area contributed by atoms with Crippen molar-refractivity contribution >= 4 is 17.7 Å². The highest BCUT2D eigenvalue weighted by atomic mass is 16.5. The molecule has 0 spiro atoms. The molecule has 6 rings (SSSR count). The summed E-state index contributed by atoms with van der Waals surface area (Å²) in [7, 11) is 1.71. The zero-order valence-electron chi connectivity index (χ0n) is 21.3. The van der Waals surface area contributed by atoms with Gasteiger partial charge in [0, 0.05) is 37.5 Å². The number of piperidine rings is 1. The van der Waals surface area contributed by atoms with Crippen molar-refractivity contribution < 1.29 is 23.9 Å². The van der Waals surface area contributed by atoms with Gasteiger partial charge in [-0.25, -0.2) is 0 Å². The van der Waals surface area contributed by atoms with Crippen molar-refractivity contribution in [2.45, 2.75) is 69.6 Å². The van der Waals surface area contributed by atoms with Crippen molar-refractivity contribution in [2.24, 2.45) is 0 Å². The van der Waals surface area contributed by atoms with E-state index in [1.165, 1.54) is 24.8 Å². The monoisotopic (exact) mass is 505 g/mol. The number of carbonyl (C=O) groups excluding carboxylic acids is 3. The van der Waals surface area contributed by atoms with Crippen LogP contribution in [-0.2, 0) is 16.1 Å². The number of imide groups is 1. The van der Waals surface area contributed by atoms with E-state index < -0.39 is 6.04 Å². The molecule has 3 aliphatic heterocycles. The van der Waals surface area contributed by atoms with Crippen LogP contribution in [0.15, 0.2) is 42.5 Å². The van der Waals surface area contributed by atoms with Gasteiger partial charge in [0.2, 0.25) is 11.8 Å². The fourth-order valence-electron chi connectivity index (χ4n) is 5.42. The van der Waals surface area contributed by atoms with Crippen molar-refractivity contribution in [1.82, 2.24) is 15.5 Å². The molecule has 8 nitrogen and oxygen atoms in total. The summed E-state index contributed by atoms with van der Waals surface area (Å²) in [6.07, 6.45) is 6.77. The molecule has 196 valence electrons. The van der Waals surface area contributed by atoms with E-state index in [4.69, 9.17) is 9.47 Å². The Morgan fingerprint density at radius 1 is 0.919 bits per heavy atom. The number of methoxy groups -OCH3 is 1. The number of benzene rings is 2. The third-order valence-electron chi connectivity index (χ3n) is 7.70. The number of nitrogens with one attached hydrogen (secondary N) is 2. The third kappa shape index (κ3) is 5.80. The van der Waals surface area contributed by atoms with Crippen LogP contribution in [0.2, 0.25) is 0 Å². The average Bonchev–Trinajstić information content (AvgIpc) is 3.19. The molecule has 0 radical (unpaired) electrons. The molecule has 1 unspecified atom stereocenters. The Labute approximate surface area is 217 Å². The van der Waals surface area contributed by atoms with E-state index in [0.717, 1.165) is 43.0 Å². The zero-order valence-corrected chi connectivity index (χ0v) is 21.3. The second kappa shape index (κ2) is 11.3. The summed E-state index contributed by atoms with van der Waals surface area (Å²) in [5, 5.41) is 5.58. The standard InChI is InChI=1S/C19H22N2O4.C10H13NO/c22-17-9-8-16(18(23)20-17)21-11-12-10-14(6-7-15(12)19(21)24)25-13-4-2-1-3-5-13;1-12-10-4-2-3-8(5-10)9-6-11-7-9/h6-7,10,13,16H,1-5,8-9,11H2,(H,20,22,23);2-5,9,11H,6-7H2,1H3. The summed E-state index contributed by atoms with van der Waals surface area (Å²) >= 11 is 0. The minimum Gasteiger partial charge on any atom is -0.497 e. The highest BCUT2D eigenvalue weighted by molar-refractivity contribution is 6.05. The van der Waals surface area contributed by atoms with Gasteiger partial charge in [0.25, 0.3) is 5.91 Å². The summed E-state index contributed by atoms with van der Waals surface area (Å²) in [6.45, 7) is 2.60. The molecular formula is C29H35N3O5. The molecule has 1 atom stereocenters. The van der Waals surface area contributed by atoms with E-state index >= 15 is 0 Å². The van der Waals surface area contributed by atoms with Crippen LogP contribution < -0.4 is 20.1 Å². The van der Waals surface area contributed by atoms with Gasteiger partial charge in [-0.15, -0.1) is 0 Å². The van der Waals surface area contributed by atoms with Crippen molar-refractivity contribution in [3.63, 3.8) is 0 Å². The molecule has 3 fully saturated rings. The lowest BCUT2D eigenvalue weighted by atomic mass is 9.94. The van der Waals surface area contributed by atoms with Crippen molar-refractivity contribution in [2.75, 3.05) is 20.2 Å². The molecule has 2 saturated heterocycles. The van der Waals surface area contributed by atoms with Gasteiger partial charge in [0.05, 0.1) is 13.2 Å². The van der Waals surface area contributed by atoms with Crippen molar-refractivity contribution in [3.8, 4) is 11.5 Å². The number of ether oxygens (including phenoxy) is 2. The normalized spacial score (nSPS) is 21.9. The maximum absolute atomic E-state index is 12.6. The van der Waals surface area contributed by atoms with Crippen LogP contribution in [0.1, 0.15) is 72.3 Å². The molecular weight excluding hydrogens is 470 g/mol. The molecule has 8 heteroatoms. The SMILES string of the molecule is COc1cccc(C2CNC2)c1.O=C1CCC(N2Cc3cc(OC4CCCCC4)ccc3C2=O)C(=O)N1. The minimum atomic E-state index is -0.569. The first-order valence-electron chi connectivity index (χ1n) is 13.3. The van der Waals surface area contributed by atoms with Crippen LogP contribution in [0.4, 0.5) is 0 Å². The highest BCUT2D eigenvalue weighted by Crippen LogP contribution is 2.31. The zero-order chi connectivity index (χ0) is 25.8. The molecule has 0 bridgehead atoms. The van der Waals surface area contributed by atoms with E-state index in [-0.39, 0.29) is 30.2 Å². The molecule has 2 aromatic rings. The lowest BCUT2D eigenvalue weighted by Crippen LogP contribution is -2.52. The second-order valence-electron chi connectivity index (χ2n) is 10.2. The molecule has 0 aromatic heterocycles. The molecule has 2 N–H and O–H groups in total. The van der Waals surface area contributed by atoms with Gasteiger partial charge in [0.1, 0.15) is 17.5 Å². The molecule has 1 saturated carbocycles. The number of hydrogen-bond acceptors (Lipinski definition) is 6. The summed E-state index contributed by atoms with van der Waals surface area (Å²) < 4.78 is 11.2. The smallest absolute Gasteiger partial charge is 0.255 e. The lowest BCUT2D eigenvalue weighted by Gasteiger charge is -2.29. The van der Waals surface area contributed by atoms with E-state index in [2.05, 4.69) is 22.8 Å². The molecule has 3 heterocycles. The molecule has 37 heavy (non-hydrogen) atoms.